The summed E-state index contributed by atoms with van der Waals surface area (Å²) >= 11 is 1.58. The van der Waals surface area contributed by atoms with Gasteiger partial charge in [-0.15, -0.1) is 11.3 Å². The number of aliphatic hydroxyl groups is 1. The van der Waals surface area contributed by atoms with Gasteiger partial charge >= 0.3 is 0 Å². The summed E-state index contributed by atoms with van der Waals surface area (Å²) in [5.41, 5.74) is 3.16. The third kappa shape index (κ3) is 5.76. The van der Waals surface area contributed by atoms with Crippen molar-refractivity contribution in [3.05, 3.63) is 40.5 Å². The second kappa shape index (κ2) is 10.4. The number of β-amino-alcohol motifs (C(OH)–C–C–N with tert-alkyl or cyclic N) is 1. The average Bonchev–Trinajstić information content (AvgIpc) is 3.24. The molecule has 1 aromatic carbocycles. The topological polar surface area (TPSA) is 112 Å². The Morgan fingerprint density at radius 2 is 1.89 bits per heavy atom. The van der Waals surface area contributed by atoms with Gasteiger partial charge in [-0.1, -0.05) is 39.0 Å². The van der Waals surface area contributed by atoms with E-state index < -0.39 is 41.1 Å². The first-order valence-electron chi connectivity index (χ1n) is 13.0. The number of likely N-dealkylation sites (tertiary alicyclic amines) is 1. The molecule has 3 N–H and O–H groups in total. The fraction of sp³-hybridized carbons (Fsp3) is 0.571. The SMILES string of the molecule is Cc1cc(-c2scnc2C)ccc1[C@@H](C)NC(=O)[C@@H]1C[C@@H](O)CN1C(=O)[C@@H](NC(=O)C1(F)CC1)C(C)(C)C. The fourth-order valence-electron chi connectivity index (χ4n) is 4.99. The summed E-state index contributed by atoms with van der Waals surface area (Å²) in [5, 5.41) is 16.0. The molecule has 0 spiro atoms. The molecule has 0 radical (unpaired) electrons. The first kappa shape index (κ1) is 28.2. The highest BCUT2D eigenvalue weighted by Gasteiger charge is 2.53. The highest BCUT2D eigenvalue weighted by molar-refractivity contribution is 7.13. The Morgan fingerprint density at radius 1 is 1.21 bits per heavy atom. The molecule has 4 rings (SSSR count). The van der Waals surface area contributed by atoms with Gasteiger partial charge in [0.2, 0.25) is 11.8 Å². The minimum absolute atomic E-state index is 0.0313. The van der Waals surface area contributed by atoms with Gasteiger partial charge < -0.3 is 20.6 Å². The van der Waals surface area contributed by atoms with E-state index in [9.17, 15) is 23.9 Å². The minimum Gasteiger partial charge on any atom is -0.391 e. The van der Waals surface area contributed by atoms with Crippen molar-refractivity contribution >= 4 is 29.1 Å². The lowest BCUT2D eigenvalue weighted by Crippen LogP contribution is -2.59. The number of aryl methyl sites for hydroxylation is 2. The van der Waals surface area contributed by atoms with Gasteiger partial charge in [-0.2, -0.15) is 0 Å². The zero-order chi connectivity index (χ0) is 28.0. The number of hydrogen-bond donors (Lipinski definition) is 3. The number of aliphatic hydroxyl groups excluding tert-OH is 1. The third-order valence-corrected chi connectivity index (χ3v) is 8.43. The third-order valence-electron chi connectivity index (χ3n) is 7.45. The van der Waals surface area contributed by atoms with Gasteiger partial charge in [-0.3, -0.25) is 14.4 Å². The molecule has 0 bridgehead atoms. The molecule has 10 heteroatoms. The minimum atomic E-state index is -1.92. The van der Waals surface area contributed by atoms with Crippen LogP contribution in [0.4, 0.5) is 4.39 Å². The van der Waals surface area contributed by atoms with Gasteiger partial charge in [0.15, 0.2) is 5.67 Å². The molecule has 3 amide bonds. The van der Waals surface area contributed by atoms with Crippen LogP contribution in [0.1, 0.15) is 69.8 Å². The Balaban J connectivity index is 1.49. The molecule has 1 saturated carbocycles. The van der Waals surface area contributed by atoms with Gasteiger partial charge in [0.1, 0.15) is 12.1 Å². The van der Waals surface area contributed by atoms with Crippen molar-refractivity contribution in [3.63, 3.8) is 0 Å². The fourth-order valence-corrected chi connectivity index (χ4v) is 5.79. The van der Waals surface area contributed by atoms with E-state index in [1.165, 1.54) is 4.90 Å². The van der Waals surface area contributed by atoms with E-state index in [0.717, 1.165) is 27.3 Å². The normalized spacial score (nSPS) is 22.1. The van der Waals surface area contributed by atoms with E-state index in [1.807, 2.05) is 38.4 Å². The summed E-state index contributed by atoms with van der Waals surface area (Å²) in [4.78, 5) is 46.2. The highest BCUT2D eigenvalue weighted by atomic mass is 32.1. The summed E-state index contributed by atoms with van der Waals surface area (Å²) < 4.78 is 14.4. The molecule has 1 saturated heterocycles. The molecule has 2 heterocycles. The Morgan fingerprint density at radius 3 is 2.45 bits per heavy atom. The zero-order valence-electron chi connectivity index (χ0n) is 22.8. The molecule has 4 atom stereocenters. The number of alkyl halides is 1. The number of benzene rings is 1. The molecule has 0 unspecified atom stereocenters. The quantitative estimate of drug-likeness (QED) is 0.493. The molecule has 8 nitrogen and oxygen atoms in total. The van der Waals surface area contributed by atoms with Gasteiger partial charge in [0.25, 0.3) is 5.91 Å². The second-order valence-corrected chi connectivity index (χ2v) is 12.6. The van der Waals surface area contributed by atoms with Crippen LogP contribution >= 0.6 is 11.3 Å². The summed E-state index contributed by atoms with van der Waals surface area (Å²) in [6, 6.07) is 3.79. The molecule has 1 aromatic heterocycles. The van der Waals surface area contributed by atoms with E-state index in [-0.39, 0.29) is 37.8 Å². The van der Waals surface area contributed by atoms with Crippen molar-refractivity contribution in [1.82, 2.24) is 20.5 Å². The van der Waals surface area contributed by atoms with Crippen LogP contribution in [0, 0.1) is 19.3 Å². The largest absolute Gasteiger partial charge is 0.391 e. The average molecular weight is 545 g/mol. The van der Waals surface area contributed by atoms with Gasteiger partial charge in [0.05, 0.1) is 28.2 Å². The predicted molar refractivity (Wildman–Crippen MR) is 144 cm³/mol. The lowest BCUT2D eigenvalue weighted by molar-refractivity contribution is -0.145. The number of amides is 3. The molecule has 1 aliphatic carbocycles. The Hall–Kier alpha value is -2.85. The van der Waals surface area contributed by atoms with Crippen molar-refractivity contribution in [2.45, 2.75) is 90.7 Å². The van der Waals surface area contributed by atoms with Crippen LogP contribution in [0.5, 0.6) is 0 Å². The van der Waals surface area contributed by atoms with E-state index in [4.69, 9.17) is 0 Å². The summed E-state index contributed by atoms with van der Waals surface area (Å²) in [5.74, 6) is -1.68. The summed E-state index contributed by atoms with van der Waals surface area (Å²) in [6.07, 6.45) is -0.509. The Kier molecular flexibility index (Phi) is 7.69. The Bertz CT molecular complexity index is 1240. The molecule has 38 heavy (non-hydrogen) atoms. The van der Waals surface area contributed by atoms with Crippen LogP contribution in [0.3, 0.4) is 0 Å². The number of carbonyl (C=O) groups is 3. The highest BCUT2D eigenvalue weighted by Crippen LogP contribution is 2.40. The van der Waals surface area contributed by atoms with Crippen LogP contribution in [-0.2, 0) is 14.4 Å². The maximum absolute atomic E-state index is 14.4. The lowest BCUT2D eigenvalue weighted by atomic mass is 9.85. The van der Waals surface area contributed by atoms with Crippen molar-refractivity contribution in [2.24, 2.45) is 5.41 Å². The smallest absolute Gasteiger partial charge is 0.258 e. The summed E-state index contributed by atoms with van der Waals surface area (Å²) in [7, 11) is 0. The number of nitrogens with one attached hydrogen (secondary N) is 2. The molecule has 1 aliphatic heterocycles. The van der Waals surface area contributed by atoms with Crippen LogP contribution in [0.2, 0.25) is 0 Å². The number of thiazole rings is 1. The van der Waals surface area contributed by atoms with Crippen LogP contribution in [-0.4, -0.2) is 63.1 Å². The summed E-state index contributed by atoms with van der Waals surface area (Å²) in [6.45, 7) is 11.1. The number of aromatic nitrogens is 1. The number of halogens is 1. The predicted octanol–water partition coefficient (Wildman–Crippen LogP) is 3.60. The van der Waals surface area contributed by atoms with E-state index in [2.05, 4.69) is 21.7 Å². The van der Waals surface area contributed by atoms with E-state index in [0.29, 0.717) is 0 Å². The monoisotopic (exact) mass is 544 g/mol. The number of nitrogens with zero attached hydrogens (tertiary/aromatic N) is 2. The molecule has 2 aliphatic rings. The lowest BCUT2D eigenvalue weighted by Gasteiger charge is -2.35. The second-order valence-electron chi connectivity index (χ2n) is 11.7. The molecular formula is C28H37FN4O4S. The van der Waals surface area contributed by atoms with Crippen molar-refractivity contribution in [2.75, 3.05) is 6.54 Å². The zero-order valence-corrected chi connectivity index (χ0v) is 23.6. The van der Waals surface area contributed by atoms with E-state index in [1.54, 1.807) is 32.1 Å². The van der Waals surface area contributed by atoms with Crippen LogP contribution in [0.25, 0.3) is 10.4 Å². The molecule has 2 aromatic rings. The van der Waals surface area contributed by atoms with Gasteiger partial charge in [0, 0.05) is 13.0 Å². The van der Waals surface area contributed by atoms with Gasteiger partial charge in [-0.05, 0) is 55.7 Å². The maximum atomic E-state index is 14.4. The Labute approximate surface area is 227 Å². The first-order chi connectivity index (χ1) is 17.7. The number of hydrogen-bond acceptors (Lipinski definition) is 6. The number of carbonyl (C=O) groups excluding carboxylic acids is 3. The van der Waals surface area contributed by atoms with Crippen LogP contribution < -0.4 is 10.6 Å². The molecule has 206 valence electrons. The number of rotatable bonds is 7. The van der Waals surface area contributed by atoms with Crippen molar-refractivity contribution < 1.29 is 23.9 Å². The van der Waals surface area contributed by atoms with Crippen molar-refractivity contribution in [1.29, 1.82) is 0 Å². The molecule has 2 fully saturated rings. The first-order valence-corrected chi connectivity index (χ1v) is 13.9. The van der Waals surface area contributed by atoms with Crippen molar-refractivity contribution in [3.8, 4) is 10.4 Å². The van der Waals surface area contributed by atoms with Gasteiger partial charge in [-0.25, -0.2) is 9.37 Å². The standard InChI is InChI=1S/C28H37FN4O4S/c1-15-11-18(22-17(3)30-14-38-22)7-8-20(15)16(2)31-24(35)21-12-19(34)13-33(21)25(36)23(27(4,5)6)32-26(37)28(29)9-10-28/h7-8,11,14,16,19,21,23,34H,9-10,12-13H2,1-6H3,(H,31,35)(H,32,37)/t16-,19-,21+,23-/m1/s1. The molecular weight excluding hydrogens is 507 g/mol. The maximum Gasteiger partial charge on any atom is 0.258 e. The van der Waals surface area contributed by atoms with E-state index >= 15 is 0 Å². The van der Waals surface area contributed by atoms with Crippen LogP contribution in [0.15, 0.2) is 23.7 Å².